The van der Waals surface area contributed by atoms with Gasteiger partial charge in [-0.05, 0) is 59.5 Å². The Balaban J connectivity index is 0.000000349. The van der Waals surface area contributed by atoms with E-state index in [1.807, 2.05) is 6.33 Å². The summed E-state index contributed by atoms with van der Waals surface area (Å²) in [4.78, 5) is 43.1. The number of nitrogens with zero attached hydrogens (tertiary/aromatic N) is 5. The minimum atomic E-state index is -5.08. The number of carbonyl (C=O) groups is 3. The van der Waals surface area contributed by atoms with Gasteiger partial charge in [0.1, 0.15) is 6.04 Å². The first kappa shape index (κ1) is 34.3. The monoisotopic (exact) mass is 601 g/mol. The quantitative estimate of drug-likeness (QED) is 0.492. The first-order chi connectivity index (χ1) is 18.8. The number of carboxylic acids is 2. The van der Waals surface area contributed by atoms with Gasteiger partial charge in [0.25, 0.3) is 0 Å². The fourth-order valence-corrected chi connectivity index (χ4v) is 4.74. The van der Waals surface area contributed by atoms with Gasteiger partial charge < -0.3 is 24.6 Å². The van der Waals surface area contributed by atoms with Crippen molar-refractivity contribution < 1.29 is 50.9 Å². The fraction of sp³-hybridized carbons (Fsp3) is 0.760. The molecule has 2 N–H and O–H groups in total. The van der Waals surface area contributed by atoms with E-state index in [1.165, 1.54) is 12.8 Å². The maximum absolute atomic E-state index is 13.7. The fourth-order valence-electron chi connectivity index (χ4n) is 4.74. The number of fused-ring (bicyclic) bond motifs is 1. The maximum atomic E-state index is 13.7. The highest BCUT2D eigenvalue weighted by molar-refractivity contribution is 5.83. The zero-order chi connectivity index (χ0) is 31.3. The molecule has 3 aliphatic rings. The Bertz CT molecular complexity index is 1020. The summed E-state index contributed by atoms with van der Waals surface area (Å²) in [5.74, 6) is -4.42. The van der Waals surface area contributed by atoms with Gasteiger partial charge in [-0.2, -0.15) is 26.3 Å². The molecule has 1 aliphatic carbocycles. The van der Waals surface area contributed by atoms with Gasteiger partial charge in [-0.25, -0.2) is 14.6 Å². The van der Waals surface area contributed by atoms with Gasteiger partial charge in [0.15, 0.2) is 0 Å². The van der Waals surface area contributed by atoms with Crippen molar-refractivity contribution in [3.63, 3.8) is 0 Å². The number of carbonyl (C=O) groups excluding carboxylic acids is 1. The highest BCUT2D eigenvalue weighted by Gasteiger charge is 2.42. The molecular weight excluding hydrogens is 564 g/mol. The van der Waals surface area contributed by atoms with Gasteiger partial charge in [0.05, 0.1) is 17.7 Å². The molecule has 10 nitrogen and oxygen atoms in total. The molecule has 0 radical (unpaired) electrons. The summed E-state index contributed by atoms with van der Waals surface area (Å²) in [7, 11) is 4.29. The van der Waals surface area contributed by atoms with E-state index in [0.717, 1.165) is 62.7 Å². The molecule has 0 spiro atoms. The standard InChI is InChI=1S/C21H35N5O.2C2HF3O2/c1-15(2)26-14-22-18-9-12-25(13-16-5-6-16)20(19(18)26)21(27)24-10-7-17(8-11-24)23(3)4;2*3-2(4,5)1(6)7/h14-17,20H,5-13H2,1-4H3;2*(H,6,7). The molecule has 0 bridgehead atoms. The van der Waals surface area contributed by atoms with Crippen LogP contribution in [0.1, 0.15) is 63.0 Å². The molecule has 2 fully saturated rings. The Hall–Kier alpha value is -2.88. The second kappa shape index (κ2) is 13.9. The van der Waals surface area contributed by atoms with E-state index < -0.39 is 24.3 Å². The van der Waals surface area contributed by atoms with Gasteiger partial charge in [-0.15, -0.1) is 0 Å². The lowest BCUT2D eigenvalue weighted by atomic mass is 9.97. The van der Waals surface area contributed by atoms with Gasteiger partial charge in [-0.3, -0.25) is 9.69 Å². The Morgan fingerprint density at radius 1 is 0.951 bits per heavy atom. The second-order valence-corrected chi connectivity index (χ2v) is 10.8. The van der Waals surface area contributed by atoms with Crippen LogP contribution in [0.25, 0.3) is 0 Å². The van der Waals surface area contributed by atoms with E-state index in [1.54, 1.807) is 0 Å². The largest absolute Gasteiger partial charge is 0.490 e. The number of rotatable bonds is 5. The molecule has 2 aliphatic heterocycles. The van der Waals surface area contributed by atoms with Crippen LogP contribution in [0, 0.1) is 5.92 Å². The van der Waals surface area contributed by atoms with E-state index in [-0.39, 0.29) is 6.04 Å². The highest BCUT2D eigenvalue weighted by atomic mass is 19.4. The Morgan fingerprint density at radius 2 is 1.44 bits per heavy atom. The zero-order valence-corrected chi connectivity index (χ0v) is 23.4. The van der Waals surface area contributed by atoms with Crippen LogP contribution in [0.5, 0.6) is 0 Å². The number of carboxylic acid groups (broad SMARTS) is 2. The van der Waals surface area contributed by atoms with Gasteiger partial charge >= 0.3 is 24.3 Å². The van der Waals surface area contributed by atoms with Crippen molar-refractivity contribution in [2.24, 2.45) is 5.92 Å². The van der Waals surface area contributed by atoms with E-state index in [0.29, 0.717) is 18.0 Å². The van der Waals surface area contributed by atoms with E-state index in [2.05, 4.69) is 52.2 Å². The molecule has 234 valence electrons. The number of hydrogen-bond acceptors (Lipinski definition) is 6. The summed E-state index contributed by atoms with van der Waals surface area (Å²) in [5, 5.41) is 14.2. The Kier molecular flexibility index (Phi) is 11.6. The molecular formula is C25H37F6N5O5. The SMILES string of the molecule is CC(C)n1cnc2c1C(C(=O)N1CCC(N(C)C)CC1)N(CC1CC1)CC2.O=C(O)C(F)(F)F.O=C(O)C(F)(F)F. The maximum Gasteiger partial charge on any atom is 0.490 e. The molecule has 1 saturated carbocycles. The van der Waals surface area contributed by atoms with Crippen LogP contribution in [-0.4, -0.2) is 111 Å². The Labute approximate surface area is 233 Å². The predicted octanol–water partition coefficient (Wildman–Crippen LogP) is 3.59. The third-order valence-corrected chi connectivity index (χ3v) is 7.14. The Morgan fingerprint density at radius 3 is 1.83 bits per heavy atom. The van der Waals surface area contributed by atoms with Crippen molar-refractivity contribution in [1.29, 1.82) is 0 Å². The third-order valence-electron chi connectivity index (χ3n) is 7.14. The molecule has 16 heteroatoms. The number of likely N-dealkylation sites (tertiary alicyclic amines) is 1. The molecule has 1 aromatic heterocycles. The van der Waals surface area contributed by atoms with E-state index in [4.69, 9.17) is 19.8 Å². The van der Waals surface area contributed by atoms with Crippen molar-refractivity contribution >= 4 is 17.8 Å². The molecule has 41 heavy (non-hydrogen) atoms. The van der Waals surface area contributed by atoms with Crippen molar-refractivity contribution in [3.8, 4) is 0 Å². The second-order valence-electron chi connectivity index (χ2n) is 10.8. The van der Waals surface area contributed by atoms with Gasteiger partial charge in [0, 0.05) is 44.7 Å². The van der Waals surface area contributed by atoms with Crippen LogP contribution in [0.2, 0.25) is 0 Å². The topological polar surface area (TPSA) is 119 Å². The van der Waals surface area contributed by atoms with E-state index in [9.17, 15) is 31.1 Å². The molecule has 1 atom stereocenters. The number of hydrogen-bond donors (Lipinski definition) is 2. The minimum Gasteiger partial charge on any atom is -0.475 e. The summed E-state index contributed by atoms with van der Waals surface area (Å²) in [6, 6.07) is 0.784. The first-order valence-corrected chi connectivity index (χ1v) is 13.2. The molecule has 4 rings (SSSR count). The van der Waals surface area contributed by atoms with Crippen LogP contribution < -0.4 is 0 Å². The van der Waals surface area contributed by atoms with Gasteiger partial charge in [0.2, 0.25) is 5.91 Å². The zero-order valence-electron chi connectivity index (χ0n) is 23.4. The average Bonchev–Trinajstić information content (AvgIpc) is 3.57. The predicted molar refractivity (Wildman–Crippen MR) is 134 cm³/mol. The highest BCUT2D eigenvalue weighted by Crippen LogP contribution is 2.38. The number of halogens is 6. The van der Waals surface area contributed by atoms with Crippen LogP contribution in [0.3, 0.4) is 0 Å². The normalized spacial score (nSPS) is 20.1. The third kappa shape index (κ3) is 9.87. The van der Waals surface area contributed by atoms with Crippen molar-refractivity contribution in [3.05, 3.63) is 17.7 Å². The minimum absolute atomic E-state index is 0.143. The van der Waals surface area contributed by atoms with Crippen LogP contribution in [0.4, 0.5) is 26.3 Å². The van der Waals surface area contributed by atoms with Gasteiger partial charge in [-0.1, -0.05) is 0 Å². The van der Waals surface area contributed by atoms with Crippen LogP contribution >= 0.6 is 0 Å². The van der Waals surface area contributed by atoms with Crippen molar-refractivity contribution in [1.82, 2.24) is 24.3 Å². The van der Waals surface area contributed by atoms with Crippen molar-refractivity contribution in [2.45, 2.75) is 76.4 Å². The lowest BCUT2D eigenvalue weighted by Gasteiger charge is -2.41. The summed E-state index contributed by atoms with van der Waals surface area (Å²) < 4.78 is 65.7. The molecule has 1 saturated heterocycles. The first-order valence-electron chi connectivity index (χ1n) is 13.2. The summed E-state index contributed by atoms with van der Waals surface area (Å²) in [6.45, 7) is 8.15. The van der Waals surface area contributed by atoms with Crippen LogP contribution in [-0.2, 0) is 20.8 Å². The smallest absolute Gasteiger partial charge is 0.475 e. The number of imidazole rings is 1. The molecule has 0 aromatic carbocycles. The molecule has 1 amide bonds. The summed E-state index contributed by atoms with van der Waals surface area (Å²) in [6.07, 6.45) is -2.46. The molecule has 1 aromatic rings. The number of amides is 1. The lowest BCUT2D eigenvalue weighted by molar-refractivity contribution is -0.193. The lowest BCUT2D eigenvalue weighted by Crippen LogP contribution is -2.51. The number of alkyl halides is 6. The molecule has 3 heterocycles. The van der Waals surface area contributed by atoms with E-state index >= 15 is 0 Å². The summed E-state index contributed by atoms with van der Waals surface area (Å²) >= 11 is 0. The number of aromatic nitrogens is 2. The molecule has 1 unspecified atom stereocenters. The number of piperidine rings is 1. The summed E-state index contributed by atoms with van der Waals surface area (Å²) in [5.41, 5.74) is 2.30. The van der Waals surface area contributed by atoms with Crippen LogP contribution in [0.15, 0.2) is 6.33 Å². The van der Waals surface area contributed by atoms with Crippen molar-refractivity contribution in [2.75, 3.05) is 40.3 Å². The average molecular weight is 602 g/mol. The number of aliphatic carboxylic acids is 2.